The number of anilines is 1. The fourth-order valence-corrected chi connectivity index (χ4v) is 4.08. The molecule has 0 N–H and O–H groups in total. The van der Waals surface area contributed by atoms with Gasteiger partial charge in [0.1, 0.15) is 0 Å². The quantitative estimate of drug-likeness (QED) is 0.753. The zero-order valence-electron chi connectivity index (χ0n) is 14.6. The smallest absolute Gasteiger partial charge is 0.223 e. The number of ether oxygens (including phenoxy) is 1. The zero-order chi connectivity index (χ0) is 17.8. The van der Waals surface area contributed by atoms with E-state index in [0.29, 0.717) is 35.5 Å². The first-order chi connectivity index (χ1) is 12.1. The number of likely N-dealkylation sites (tertiary alicyclic amines) is 1. The van der Waals surface area contributed by atoms with Gasteiger partial charge in [-0.3, -0.25) is 9.69 Å². The van der Waals surface area contributed by atoms with Crippen LogP contribution in [0.2, 0.25) is 10.0 Å². The molecule has 25 heavy (non-hydrogen) atoms. The molecule has 0 radical (unpaired) electrons. The maximum absolute atomic E-state index is 12.1. The summed E-state index contributed by atoms with van der Waals surface area (Å²) < 4.78 is 5.08. The Labute approximate surface area is 159 Å². The van der Waals surface area contributed by atoms with Gasteiger partial charge in [-0.05, 0) is 18.1 Å². The van der Waals surface area contributed by atoms with Crippen molar-refractivity contribution >= 4 is 34.8 Å². The lowest BCUT2D eigenvalue weighted by molar-refractivity contribution is -0.128. The molecule has 1 aromatic carbocycles. The van der Waals surface area contributed by atoms with E-state index in [1.54, 1.807) is 7.11 Å². The monoisotopic (exact) mass is 385 g/mol. The Morgan fingerprint density at radius 2 is 1.96 bits per heavy atom. The van der Waals surface area contributed by atoms with Gasteiger partial charge in [0.25, 0.3) is 0 Å². The SMILES string of the molecule is COCCN1CC(CN2CCN(c3cccc(Cl)c3Cl)CC2)CC1=O. The third-order valence-corrected chi connectivity index (χ3v) is 5.83. The lowest BCUT2D eigenvalue weighted by Gasteiger charge is -2.37. The molecule has 1 aromatic rings. The van der Waals surface area contributed by atoms with Crippen molar-refractivity contribution in [2.75, 3.05) is 64.4 Å². The molecule has 2 aliphatic rings. The molecule has 3 rings (SSSR count). The molecule has 0 spiro atoms. The highest BCUT2D eigenvalue weighted by atomic mass is 35.5. The molecule has 7 heteroatoms. The highest BCUT2D eigenvalue weighted by molar-refractivity contribution is 6.43. The van der Waals surface area contributed by atoms with Gasteiger partial charge >= 0.3 is 0 Å². The van der Waals surface area contributed by atoms with Crippen molar-refractivity contribution < 1.29 is 9.53 Å². The summed E-state index contributed by atoms with van der Waals surface area (Å²) >= 11 is 12.5. The number of halogens is 2. The molecule has 1 atom stereocenters. The molecular formula is C18H25Cl2N3O2. The van der Waals surface area contributed by atoms with Crippen LogP contribution in [0, 0.1) is 5.92 Å². The minimum Gasteiger partial charge on any atom is -0.383 e. The Hall–Kier alpha value is -1.01. The zero-order valence-corrected chi connectivity index (χ0v) is 16.1. The standard InChI is InChI=1S/C18H25Cl2N3O2/c1-25-10-9-23-13-14(11-17(23)24)12-21-5-7-22(8-6-21)16-4-2-3-15(19)18(16)20/h2-4,14H,5-13H2,1H3. The van der Waals surface area contributed by atoms with Crippen LogP contribution in [0.5, 0.6) is 0 Å². The van der Waals surface area contributed by atoms with Crippen LogP contribution in [0.15, 0.2) is 18.2 Å². The number of amides is 1. The molecule has 2 heterocycles. The fourth-order valence-electron chi connectivity index (χ4n) is 3.67. The van der Waals surface area contributed by atoms with Crippen molar-refractivity contribution in [3.8, 4) is 0 Å². The van der Waals surface area contributed by atoms with Gasteiger partial charge in [0, 0.05) is 59.3 Å². The Morgan fingerprint density at radius 3 is 2.68 bits per heavy atom. The molecule has 2 fully saturated rings. The molecule has 2 saturated heterocycles. The predicted molar refractivity (Wildman–Crippen MR) is 102 cm³/mol. The van der Waals surface area contributed by atoms with Crippen molar-refractivity contribution in [2.45, 2.75) is 6.42 Å². The third-order valence-electron chi connectivity index (χ3n) is 5.02. The van der Waals surface area contributed by atoms with Crippen molar-refractivity contribution in [2.24, 2.45) is 5.92 Å². The van der Waals surface area contributed by atoms with Crippen LogP contribution in [0.3, 0.4) is 0 Å². The predicted octanol–water partition coefficient (Wildman–Crippen LogP) is 2.61. The summed E-state index contributed by atoms with van der Waals surface area (Å²) in [6, 6.07) is 5.78. The van der Waals surface area contributed by atoms with E-state index in [1.807, 2.05) is 23.1 Å². The average molecular weight is 386 g/mol. The highest BCUT2D eigenvalue weighted by Crippen LogP contribution is 2.33. The van der Waals surface area contributed by atoms with Gasteiger partial charge in [0.15, 0.2) is 0 Å². The van der Waals surface area contributed by atoms with Crippen molar-refractivity contribution in [1.82, 2.24) is 9.80 Å². The van der Waals surface area contributed by atoms with E-state index in [9.17, 15) is 4.79 Å². The number of nitrogens with zero attached hydrogens (tertiary/aromatic N) is 3. The van der Waals surface area contributed by atoms with Crippen molar-refractivity contribution in [1.29, 1.82) is 0 Å². The molecule has 1 amide bonds. The first-order valence-corrected chi connectivity index (χ1v) is 9.52. The van der Waals surface area contributed by atoms with Crippen LogP contribution in [0.1, 0.15) is 6.42 Å². The summed E-state index contributed by atoms with van der Waals surface area (Å²) in [4.78, 5) is 18.7. The molecule has 1 unspecified atom stereocenters. The lowest BCUT2D eigenvalue weighted by atomic mass is 10.1. The molecule has 5 nitrogen and oxygen atoms in total. The van der Waals surface area contributed by atoms with Crippen LogP contribution >= 0.6 is 23.2 Å². The number of hydrogen-bond acceptors (Lipinski definition) is 4. The van der Waals surface area contributed by atoms with Gasteiger partial charge in [-0.15, -0.1) is 0 Å². The summed E-state index contributed by atoms with van der Waals surface area (Å²) in [7, 11) is 1.67. The number of carbonyl (C=O) groups is 1. The van der Waals surface area contributed by atoms with Crippen LogP contribution < -0.4 is 4.90 Å². The number of hydrogen-bond donors (Lipinski definition) is 0. The normalized spacial score (nSPS) is 22.0. The molecule has 0 aromatic heterocycles. The van der Waals surface area contributed by atoms with E-state index in [1.165, 1.54) is 0 Å². The maximum atomic E-state index is 12.1. The Morgan fingerprint density at radius 1 is 1.20 bits per heavy atom. The van der Waals surface area contributed by atoms with E-state index in [0.717, 1.165) is 45.0 Å². The van der Waals surface area contributed by atoms with E-state index in [-0.39, 0.29) is 5.91 Å². The van der Waals surface area contributed by atoms with Crippen molar-refractivity contribution in [3.63, 3.8) is 0 Å². The summed E-state index contributed by atoms with van der Waals surface area (Å²) in [6.45, 7) is 6.94. The number of methoxy groups -OCH3 is 1. The van der Waals surface area contributed by atoms with Crippen LogP contribution in [0.4, 0.5) is 5.69 Å². The Kier molecular flexibility index (Phi) is 6.44. The molecular weight excluding hydrogens is 361 g/mol. The summed E-state index contributed by atoms with van der Waals surface area (Å²) in [6.07, 6.45) is 0.657. The molecule has 2 aliphatic heterocycles. The van der Waals surface area contributed by atoms with Gasteiger partial charge in [0.2, 0.25) is 5.91 Å². The molecule has 0 bridgehead atoms. The van der Waals surface area contributed by atoms with Crippen molar-refractivity contribution in [3.05, 3.63) is 28.2 Å². The number of carbonyl (C=O) groups excluding carboxylic acids is 1. The first-order valence-electron chi connectivity index (χ1n) is 8.76. The van der Waals surface area contributed by atoms with Crippen LogP contribution in [-0.2, 0) is 9.53 Å². The summed E-state index contributed by atoms with van der Waals surface area (Å²) in [5, 5.41) is 1.23. The van der Waals surface area contributed by atoms with Gasteiger partial charge < -0.3 is 14.5 Å². The number of benzene rings is 1. The van der Waals surface area contributed by atoms with E-state index < -0.39 is 0 Å². The minimum absolute atomic E-state index is 0.256. The highest BCUT2D eigenvalue weighted by Gasteiger charge is 2.31. The second-order valence-corrected chi connectivity index (χ2v) is 7.55. The Bertz CT molecular complexity index is 606. The number of rotatable bonds is 6. The maximum Gasteiger partial charge on any atom is 0.223 e. The van der Waals surface area contributed by atoms with Gasteiger partial charge in [-0.1, -0.05) is 29.3 Å². The van der Waals surface area contributed by atoms with E-state index in [2.05, 4.69) is 9.80 Å². The van der Waals surface area contributed by atoms with Gasteiger partial charge in [-0.2, -0.15) is 0 Å². The largest absolute Gasteiger partial charge is 0.383 e. The molecule has 0 saturated carbocycles. The summed E-state index contributed by atoms with van der Waals surface area (Å²) in [5.74, 6) is 0.678. The number of piperazine rings is 1. The molecule has 0 aliphatic carbocycles. The third kappa shape index (κ3) is 4.59. The average Bonchev–Trinajstić information content (AvgIpc) is 2.95. The second-order valence-electron chi connectivity index (χ2n) is 6.76. The lowest BCUT2D eigenvalue weighted by Crippen LogP contribution is -2.48. The first kappa shape index (κ1) is 18.8. The van der Waals surface area contributed by atoms with Crippen LogP contribution in [0.25, 0.3) is 0 Å². The minimum atomic E-state index is 0.256. The van der Waals surface area contributed by atoms with E-state index >= 15 is 0 Å². The molecule has 138 valence electrons. The van der Waals surface area contributed by atoms with Gasteiger partial charge in [0.05, 0.1) is 22.3 Å². The van der Waals surface area contributed by atoms with Gasteiger partial charge in [-0.25, -0.2) is 0 Å². The Balaban J connectivity index is 1.48. The van der Waals surface area contributed by atoms with Crippen LogP contribution in [-0.4, -0.2) is 75.2 Å². The topological polar surface area (TPSA) is 36.0 Å². The summed E-state index contributed by atoms with van der Waals surface area (Å²) in [5.41, 5.74) is 1.01. The van der Waals surface area contributed by atoms with E-state index in [4.69, 9.17) is 27.9 Å². The fraction of sp³-hybridized carbons (Fsp3) is 0.611. The second kappa shape index (κ2) is 8.58.